The average Bonchev–Trinajstić information content (AvgIpc) is 3.22. The van der Waals surface area contributed by atoms with Crippen LogP contribution in [0.5, 0.6) is 0 Å². The summed E-state index contributed by atoms with van der Waals surface area (Å²) in [6.07, 6.45) is 8.25. The Balaban J connectivity index is 1.56. The number of halogens is 1. The van der Waals surface area contributed by atoms with E-state index in [1.807, 2.05) is 98.8 Å². The summed E-state index contributed by atoms with van der Waals surface area (Å²) in [7, 11) is -2.09. The molecule has 1 aliphatic heterocycles. The lowest BCUT2D eigenvalue weighted by atomic mass is 9.90. The van der Waals surface area contributed by atoms with Crippen LogP contribution in [-0.4, -0.2) is 41.4 Å². The highest BCUT2D eigenvalue weighted by Crippen LogP contribution is 2.63. The van der Waals surface area contributed by atoms with Crippen LogP contribution in [0.3, 0.4) is 0 Å². The van der Waals surface area contributed by atoms with E-state index in [1.165, 1.54) is 12.8 Å². The van der Waals surface area contributed by atoms with Gasteiger partial charge in [-0.2, -0.15) is 0 Å². The van der Waals surface area contributed by atoms with Crippen molar-refractivity contribution in [3.8, 4) is 0 Å². The summed E-state index contributed by atoms with van der Waals surface area (Å²) in [5.41, 5.74) is 1.05. The second-order valence-corrected chi connectivity index (χ2v) is 16.9. The van der Waals surface area contributed by atoms with Crippen LogP contribution in [0.2, 0.25) is 0 Å². The van der Waals surface area contributed by atoms with Gasteiger partial charge in [0.2, 0.25) is 14.7 Å². The molecule has 0 radical (unpaired) electrons. The number of nitrogens with one attached hydrogen (secondary N) is 1. The zero-order valence-electron chi connectivity index (χ0n) is 24.1. The van der Waals surface area contributed by atoms with Crippen LogP contribution in [0.15, 0.2) is 103 Å². The summed E-state index contributed by atoms with van der Waals surface area (Å²) in [6.45, 7) is 0. The molecule has 5 rings (SSSR count). The van der Waals surface area contributed by atoms with E-state index in [2.05, 4.69) is 32.6 Å². The molecule has 3 aromatic rings. The van der Waals surface area contributed by atoms with Gasteiger partial charge in [-0.1, -0.05) is 85.6 Å². The number of rotatable bonds is 11. The zero-order valence-corrected chi connectivity index (χ0v) is 26.6. The van der Waals surface area contributed by atoms with Crippen molar-refractivity contribution in [2.45, 2.75) is 56.7 Å². The molecular weight excluding hydrogens is 568 g/mol. The monoisotopic (exact) mass is 609 g/mol. The van der Waals surface area contributed by atoms with Gasteiger partial charge in [0.25, 0.3) is 0 Å². The molecule has 8 heteroatoms. The predicted octanol–water partition coefficient (Wildman–Crippen LogP) is 7.78. The Bertz CT molecular complexity index is 1320. The summed E-state index contributed by atoms with van der Waals surface area (Å²) in [6, 6.07) is 30.0. The lowest BCUT2D eigenvalue weighted by Crippen LogP contribution is -2.37. The molecule has 41 heavy (non-hydrogen) atoms. The number of nitrogens with zero attached hydrogens (tertiary/aromatic N) is 2. The largest absolute Gasteiger partial charge is 0.297 e. The van der Waals surface area contributed by atoms with Gasteiger partial charge in [0, 0.05) is 40.4 Å². The van der Waals surface area contributed by atoms with E-state index in [0.717, 1.165) is 41.9 Å². The van der Waals surface area contributed by atoms with E-state index in [1.54, 1.807) is 0 Å². The minimum Gasteiger partial charge on any atom is -0.297 e. The van der Waals surface area contributed by atoms with E-state index < -0.39 is 14.7 Å². The summed E-state index contributed by atoms with van der Waals surface area (Å²) < 4.78 is 34.0. The number of hydrogen-bond acceptors (Lipinski definition) is 2. The van der Waals surface area contributed by atoms with Gasteiger partial charge in [0.05, 0.1) is 0 Å². The maximum atomic E-state index is 15.1. The molecule has 3 aromatic carbocycles. The highest BCUT2D eigenvalue weighted by Gasteiger charge is 2.50. The quantitative estimate of drug-likeness (QED) is 0.178. The second-order valence-electron chi connectivity index (χ2n) is 11.3. The maximum Gasteiger partial charge on any atom is 0.238 e. The lowest BCUT2D eigenvalue weighted by Gasteiger charge is -2.32. The van der Waals surface area contributed by atoms with Crippen LogP contribution in [-0.2, 0) is 9.13 Å². The molecule has 1 N–H and O–H groups in total. The number of benzene rings is 3. The molecule has 2 aliphatic rings. The van der Waals surface area contributed by atoms with Gasteiger partial charge >= 0.3 is 0 Å². The van der Waals surface area contributed by atoms with Crippen molar-refractivity contribution < 1.29 is 9.13 Å². The number of likely N-dealkylation sites (N-methyl/N-ethyl adjacent to an activating group) is 2. The standard InChI is InChI=1S/C33H42ClN3O2P2/c1-36-31-22-12-13-23-32(31)37(2)40(36,38)26-24-28(17-14-25-34)33(27-15-6-3-7-16-27)35-41(39,29-18-8-4-9-19-29)30-20-10-5-11-21-30/h3-11,15-16,18-21,24,26,28,31-33H,12-14,17,22-23,25H2,1-2H3,(H,35,39)/b26-24+/t28-,31+,32+,33-/m0/s1. The summed E-state index contributed by atoms with van der Waals surface area (Å²) in [4.78, 5) is 0. The minimum absolute atomic E-state index is 0.0767. The van der Waals surface area contributed by atoms with Gasteiger partial charge in [-0.15, -0.1) is 11.6 Å². The van der Waals surface area contributed by atoms with Crippen LogP contribution >= 0.6 is 26.3 Å². The molecule has 218 valence electrons. The minimum atomic E-state index is -3.25. The van der Waals surface area contributed by atoms with Gasteiger partial charge < -0.3 is 0 Å². The normalized spacial score (nSPS) is 22.9. The molecule has 0 aromatic heterocycles. The third-order valence-corrected chi connectivity index (χ3v) is 14.8. The Morgan fingerprint density at radius 1 is 0.878 bits per heavy atom. The molecule has 4 atom stereocenters. The molecular formula is C33H42ClN3O2P2. The van der Waals surface area contributed by atoms with Gasteiger partial charge in [-0.05, 0) is 75.5 Å². The van der Waals surface area contributed by atoms with Crippen molar-refractivity contribution in [2.75, 3.05) is 20.0 Å². The Morgan fingerprint density at radius 3 is 1.85 bits per heavy atom. The summed E-state index contributed by atoms with van der Waals surface area (Å²) in [5.74, 6) is 2.42. The number of fused-ring (bicyclic) bond motifs is 1. The van der Waals surface area contributed by atoms with Gasteiger partial charge in [-0.3, -0.25) is 14.2 Å². The average molecular weight is 610 g/mol. The SMILES string of the molecule is CN1[C@@H]2CCCC[C@H]2N(C)P1(=O)/C=C/[C@H](CCCCl)[C@@H](NP(=O)(c1ccccc1)c1ccccc1)c1ccccc1. The van der Waals surface area contributed by atoms with Crippen molar-refractivity contribution in [3.63, 3.8) is 0 Å². The first-order chi connectivity index (χ1) is 19.9. The fourth-order valence-electron chi connectivity index (χ4n) is 6.58. The molecule has 1 saturated heterocycles. The van der Waals surface area contributed by atoms with Crippen LogP contribution in [0, 0.1) is 5.92 Å². The topological polar surface area (TPSA) is 52.6 Å². The first-order valence-corrected chi connectivity index (χ1v) is 18.7. The molecule has 5 nitrogen and oxygen atoms in total. The Morgan fingerprint density at radius 2 is 1.37 bits per heavy atom. The maximum absolute atomic E-state index is 15.1. The first-order valence-electron chi connectivity index (χ1n) is 14.7. The molecule has 1 heterocycles. The molecule has 1 saturated carbocycles. The summed E-state index contributed by atoms with van der Waals surface area (Å²) in [5, 5.41) is 5.22. The van der Waals surface area contributed by atoms with E-state index >= 15 is 4.57 Å². The molecule has 0 amide bonds. The van der Waals surface area contributed by atoms with Crippen molar-refractivity contribution in [2.24, 2.45) is 5.92 Å². The number of alkyl halides is 1. The Labute approximate surface area is 250 Å². The lowest BCUT2D eigenvalue weighted by molar-refractivity contribution is 0.233. The summed E-state index contributed by atoms with van der Waals surface area (Å²) >= 11 is 6.23. The zero-order chi connectivity index (χ0) is 28.9. The van der Waals surface area contributed by atoms with Crippen LogP contribution in [0.1, 0.15) is 50.1 Å². The Kier molecular flexibility index (Phi) is 10.1. The van der Waals surface area contributed by atoms with Crippen LogP contribution < -0.4 is 15.7 Å². The van der Waals surface area contributed by atoms with Crippen molar-refractivity contribution >= 4 is 36.9 Å². The highest BCUT2D eigenvalue weighted by atomic mass is 35.5. The smallest absolute Gasteiger partial charge is 0.238 e. The predicted molar refractivity (Wildman–Crippen MR) is 174 cm³/mol. The molecule has 2 fully saturated rings. The van der Waals surface area contributed by atoms with Gasteiger partial charge in [0.1, 0.15) is 0 Å². The second kappa shape index (κ2) is 13.6. The van der Waals surface area contributed by atoms with E-state index in [4.69, 9.17) is 11.6 Å². The fraction of sp³-hybridized carbons (Fsp3) is 0.394. The highest BCUT2D eigenvalue weighted by molar-refractivity contribution is 7.76. The fourth-order valence-corrected chi connectivity index (χ4v) is 11.9. The molecule has 0 unspecified atom stereocenters. The molecule has 0 bridgehead atoms. The third-order valence-electron chi connectivity index (χ3n) is 8.90. The van der Waals surface area contributed by atoms with Gasteiger partial charge in [-0.25, -0.2) is 9.34 Å². The third kappa shape index (κ3) is 6.37. The molecule has 1 aliphatic carbocycles. The van der Waals surface area contributed by atoms with Crippen molar-refractivity contribution in [1.29, 1.82) is 0 Å². The van der Waals surface area contributed by atoms with Crippen LogP contribution in [0.25, 0.3) is 0 Å². The van der Waals surface area contributed by atoms with Crippen LogP contribution in [0.4, 0.5) is 0 Å². The van der Waals surface area contributed by atoms with E-state index in [9.17, 15) is 4.57 Å². The van der Waals surface area contributed by atoms with E-state index in [0.29, 0.717) is 18.0 Å². The Hall–Kier alpha value is -1.97. The number of hydrogen-bond donors (Lipinski definition) is 1. The molecule has 0 spiro atoms. The first kappa shape index (κ1) is 30.5. The van der Waals surface area contributed by atoms with Gasteiger partial charge in [0.15, 0.2) is 0 Å². The van der Waals surface area contributed by atoms with Crippen molar-refractivity contribution in [3.05, 3.63) is 108 Å². The van der Waals surface area contributed by atoms with E-state index in [-0.39, 0.29) is 12.0 Å². The van der Waals surface area contributed by atoms with Crippen molar-refractivity contribution in [1.82, 2.24) is 14.4 Å².